The lowest BCUT2D eigenvalue weighted by molar-refractivity contribution is -0.121. The molecule has 6 heteroatoms. The fourth-order valence-electron chi connectivity index (χ4n) is 1.94. The van der Waals surface area contributed by atoms with E-state index in [-0.39, 0.29) is 30.7 Å². The molecule has 1 aliphatic heterocycles. The van der Waals surface area contributed by atoms with Gasteiger partial charge >= 0.3 is 0 Å². The Morgan fingerprint density at radius 1 is 1.44 bits per heavy atom. The van der Waals surface area contributed by atoms with Crippen LogP contribution < -0.4 is 10.7 Å². The van der Waals surface area contributed by atoms with Gasteiger partial charge < -0.3 is 10.4 Å². The van der Waals surface area contributed by atoms with Gasteiger partial charge in [-0.3, -0.25) is 9.59 Å². The third-order valence-electron chi connectivity index (χ3n) is 3.23. The Morgan fingerprint density at radius 3 is 2.61 bits per heavy atom. The average Bonchev–Trinajstić information content (AvgIpc) is 2.38. The van der Waals surface area contributed by atoms with E-state index in [9.17, 15) is 14.7 Å². The topological polar surface area (TPSA) is 90.8 Å². The van der Waals surface area contributed by atoms with Crippen molar-refractivity contribution in [1.29, 1.82) is 0 Å². The summed E-state index contributed by atoms with van der Waals surface area (Å²) >= 11 is 0. The lowest BCUT2D eigenvalue weighted by Crippen LogP contribution is -2.41. The van der Waals surface area contributed by atoms with Crippen LogP contribution in [0.5, 0.6) is 0 Å². The third kappa shape index (κ3) is 4.10. The molecule has 0 aromatic carbocycles. The first-order valence-electron chi connectivity index (χ1n) is 6.40. The molecule has 0 spiro atoms. The number of aliphatic hydroxyl groups excluding tert-OH is 1. The number of nitrogens with one attached hydrogen (secondary N) is 2. The molecule has 102 valence electrons. The van der Waals surface area contributed by atoms with E-state index in [0.29, 0.717) is 12.1 Å². The molecule has 1 unspecified atom stereocenters. The summed E-state index contributed by atoms with van der Waals surface area (Å²) in [5.74, 6) is -0.304. The average molecular weight is 255 g/mol. The monoisotopic (exact) mass is 255 g/mol. The second-order valence-electron chi connectivity index (χ2n) is 4.45. The molecule has 0 fully saturated rings. The third-order valence-corrected chi connectivity index (χ3v) is 3.23. The molecule has 1 rings (SSSR count). The van der Waals surface area contributed by atoms with Crippen molar-refractivity contribution in [2.45, 2.75) is 45.6 Å². The van der Waals surface area contributed by atoms with Crippen molar-refractivity contribution in [2.75, 3.05) is 6.54 Å². The van der Waals surface area contributed by atoms with Gasteiger partial charge in [-0.05, 0) is 5.92 Å². The van der Waals surface area contributed by atoms with Gasteiger partial charge in [0.15, 0.2) is 0 Å². The number of hydrogen-bond donors (Lipinski definition) is 3. The number of carbonyl (C=O) groups excluding carboxylic acids is 2. The second kappa shape index (κ2) is 7.10. The number of aliphatic hydroxyl groups is 1. The minimum Gasteiger partial charge on any atom is -0.391 e. The van der Waals surface area contributed by atoms with Gasteiger partial charge in [0.2, 0.25) is 5.91 Å². The fourth-order valence-corrected chi connectivity index (χ4v) is 1.94. The summed E-state index contributed by atoms with van der Waals surface area (Å²) in [5, 5.41) is 16.2. The zero-order valence-electron chi connectivity index (χ0n) is 10.9. The Hall–Kier alpha value is -1.43. The standard InChI is InChI=1S/C12H21N3O3/c1-3-8(4-2)10(16)7-13-12(18)9-5-6-11(17)15-14-9/h8,10,16H,3-7H2,1-2H3,(H,13,18)(H,15,17). The van der Waals surface area contributed by atoms with Crippen LogP contribution in [0.2, 0.25) is 0 Å². The maximum Gasteiger partial charge on any atom is 0.267 e. The Labute approximate surface area is 107 Å². The summed E-state index contributed by atoms with van der Waals surface area (Å²) in [4.78, 5) is 22.6. The van der Waals surface area contributed by atoms with E-state index in [1.165, 1.54) is 0 Å². The van der Waals surface area contributed by atoms with Crippen LogP contribution >= 0.6 is 0 Å². The summed E-state index contributed by atoms with van der Waals surface area (Å²) < 4.78 is 0. The number of amides is 2. The predicted molar refractivity (Wildman–Crippen MR) is 67.9 cm³/mol. The van der Waals surface area contributed by atoms with Crippen molar-refractivity contribution >= 4 is 17.5 Å². The number of hydrogen-bond acceptors (Lipinski definition) is 4. The van der Waals surface area contributed by atoms with Gasteiger partial charge in [0.1, 0.15) is 5.71 Å². The smallest absolute Gasteiger partial charge is 0.267 e. The molecular weight excluding hydrogens is 234 g/mol. The molecule has 1 atom stereocenters. The first kappa shape index (κ1) is 14.6. The van der Waals surface area contributed by atoms with Crippen molar-refractivity contribution < 1.29 is 14.7 Å². The first-order valence-corrected chi connectivity index (χ1v) is 6.40. The van der Waals surface area contributed by atoms with Crippen molar-refractivity contribution in [1.82, 2.24) is 10.7 Å². The highest BCUT2D eigenvalue weighted by atomic mass is 16.3. The van der Waals surface area contributed by atoms with Crippen LogP contribution in [0.3, 0.4) is 0 Å². The molecule has 6 nitrogen and oxygen atoms in total. The van der Waals surface area contributed by atoms with E-state index in [1.807, 2.05) is 13.8 Å². The maximum atomic E-state index is 11.7. The van der Waals surface area contributed by atoms with E-state index >= 15 is 0 Å². The normalized spacial score (nSPS) is 17.1. The number of carbonyl (C=O) groups is 2. The van der Waals surface area contributed by atoms with Gasteiger partial charge in [0.05, 0.1) is 6.10 Å². The molecule has 0 aliphatic carbocycles. The SMILES string of the molecule is CCC(CC)C(O)CNC(=O)C1=NNC(=O)CC1. The minimum absolute atomic E-state index is 0.177. The number of hydrazone groups is 1. The zero-order chi connectivity index (χ0) is 13.5. The van der Waals surface area contributed by atoms with Crippen LogP contribution in [0.4, 0.5) is 0 Å². The Bertz CT molecular complexity index is 337. The molecule has 3 N–H and O–H groups in total. The van der Waals surface area contributed by atoms with Gasteiger partial charge in [-0.2, -0.15) is 5.10 Å². The lowest BCUT2D eigenvalue weighted by atomic mass is 9.96. The molecule has 0 bridgehead atoms. The summed E-state index contributed by atoms with van der Waals surface area (Å²) in [6, 6.07) is 0. The summed E-state index contributed by atoms with van der Waals surface area (Å²) in [6.07, 6.45) is 1.84. The zero-order valence-corrected chi connectivity index (χ0v) is 10.9. The van der Waals surface area contributed by atoms with Gasteiger partial charge in [-0.1, -0.05) is 26.7 Å². The maximum absolute atomic E-state index is 11.7. The van der Waals surface area contributed by atoms with Gasteiger partial charge in [-0.15, -0.1) is 0 Å². The van der Waals surface area contributed by atoms with Gasteiger partial charge in [0.25, 0.3) is 5.91 Å². The van der Waals surface area contributed by atoms with E-state index in [2.05, 4.69) is 15.8 Å². The summed E-state index contributed by atoms with van der Waals surface area (Å²) in [5.41, 5.74) is 2.58. The van der Waals surface area contributed by atoms with Crippen molar-refractivity contribution in [3.8, 4) is 0 Å². The fraction of sp³-hybridized carbons (Fsp3) is 0.750. The molecule has 2 amide bonds. The van der Waals surface area contributed by atoms with Crippen molar-refractivity contribution in [2.24, 2.45) is 11.0 Å². The molecule has 1 aliphatic rings. The van der Waals surface area contributed by atoms with Crippen LogP contribution in [0, 0.1) is 5.92 Å². The van der Waals surface area contributed by atoms with Crippen molar-refractivity contribution in [3.05, 3.63) is 0 Å². The lowest BCUT2D eigenvalue weighted by Gasteiger charge is -2.20. The molecule has 0 aromatic rings. The number of rotatable bonds is 6. The van der Waals surface area contributed by atoms with Gasteiger partial charge in [-0.25, -0.2) is 5.43 Å². The predicted octanol–water partition coefficient (Wildman–Crippen LogP) is 0.166. The molecule has 1 heterocycles. The van der Waals surface area contributed by atoms with E-state index in [0.717, 1.165) is 12.8 Å². The highest BCUT2D eigenvalue weighted by Gasteiger charge is 2.20. The van der Waals surface area contributed by atoms with Crippen LogP contribution in [0.1, 0.15) is 39.5 Å². The molecule has 0 radical (unpaired) electrons. The highest BCUT2D eigenvalue weighted by Crippen LogP contribution is 2.12. The van der Waals surface area contributed by atoms with Crippen LogP contribution in [0.25, 0.3) is 0 Å². The molecule has 0 saturated heterocycles. The van der Waals surface area contributed by atoms with E-state index in [4.69, 9.17) is 0 Å². The largest absolute Gasteiger partial charge is 0.391 e. The molecule has 18 heavy (non-hydrogen) atoms. The Kier molecular flexibility index (Phi) is 5.77. The van der Waals surface area contributed by atoms with Crippen LogP contribution in [-0.4, -0.2) is 35.3 Å². The molecular formula is C12H21N3O3. The minimum atomic E-state index is -0.539. The second-order valence-corrected chi connectivity index (χ2v) is 4.45. The summed E-state index contributed by atoms with van der Waals surface area (Å²) in [7, 11) is 0. The van der Waals surface area contributed by atoms with Crippen LogP contribution in [-0.2, 0) is 9.59 Å². The van der Waals surface area contributed by atoms with Crippen molar-refractivity contribution in [3.63, 3.8) is 0 Å². The van der Waals surface area contributed by atoms with E-state index in [1.54, 1.807) is 0 Å². The first-order chi connectivity index (χ1) is 8.58. The summed E-state index contributed by atoms with van der Waals surface area (Å²) in [6.45, 7) is 4.25. The quantitative estimate of drug-likeness (QED) is 0.631. The van der Waals surface area contributed by atoms with Crippen LogP contribution in [0.15, 0.2) is 5.10 Å². The molecule has 0 saturated carbocycles. The highest BCUT2D eigenvalue weighted by molar-refractivity contribution is 6.39. The molecule has 0 aromatic heterocycles. The number of nitrogens with zero attached hydrogens (tertiary/aromatic N) is 1. The van der Waals surface area contributed by atoms with Gasteiger partial charge in [0, 0.05) is 19.4 Å². The van der Waals surface area contributed by atoms with E-state index < -0.39 is 6.10 Å². The Balaban J connectivity index is 2.39. The Morgan fingerprint density at radius 2 is 2.11 bits per heavy atom.